The monoisotopic (exact) mass is 398 g/mol. The van der Waals surface area contributed by atoms with Crippen LogP contribution >= 0.6 is 0 Å². The van der Waals surface area contributed by atoms with E-state index in [0.29, 0.717) is 24.2 Å². The van der Waals surface area contributed by atoms with Gasteiger partial charge in [0.05, 0.1) is 6.20 Å². The number of fused-ring (bicyclic) bond motifs is 1. The third-order valence-corrected chi connectivity index (χ3v) is 8.24. The van der Waals surface area contributed by atoms with Crippen LogP contribution in [0.1, 0.15) is 64.2 Å². The molecule has 3 atom stereocenters. The van der Waals surface area contributed by atoms with Crippen LogP contribution in [0.25, 0.3) is 0 Å². The topological polar surface area (TPSA) is 95.4 Å². The van der Waals surface area contributed by atoms with Gasteiger partial charge in [-0.3, -0.25) is 9.78 Å². The molecular formula is C22H30N4O3. The lowest BCUT2D eigenvalue weighted by molar-refractivity contribution is -0.149. The third kappa shape index (κ3) is 3.09. The van der Waals surface area contributed by atoms with Gasteiger partial charge in [0.1, 0.15) is 17.9 Å². The first-order valence-corrected chi connectivity index (χ1v) is 11.1. The van der Waals surface area contributed by atoms with Crippen LogP contribution in [0.2, 0.25) is 0 Å². The summed E-state index contributed by atoms with van der Waals surface area (Å²) >= 11 is 0. The summed E-state index contributed by atoms with van der Waals surface area (Å²) in [7, 11) is 0. The van der Waals surface area contributed by atoms with Gasteiger partial charge in [-0.05, 0) is 55.3 Å². The van der Waals surface area contributed by atoms with Gasteiger partial charge < -0.3 is 15.3 Å². The summed E-state index contributed by atoms with van der Waals surface area (Å²) in [5.74, 6) is -0.132. The normalized spacial score (nSPS) is 31.4. The molecule has 156 valence electrons. The van der Waals surface area contributed by atoms with E-state index in [1.807, 2.05) is 0 Å². The van der Waals surface area contributed by atoms with Crippen LogP contribution in [0.15, 0.2) is 18.6 Å². The number of amides is 1. The Bertz CT molecular complexity index is 791. The predicted octanol–water partition coefficient (Wildman–Crippen LogP) is 3.08. The van der Waals surface area contributed by atoms with Gasteiger partial charge in [0, 0.05) is 18.9 Å². The lowest BCUT2D eigenvalue weighted by Crippen LogP contribution is -2.51. The number of nitrogens with zero attached hydrogens (tertiary/aromatic N) is 3. The zero-order chi connectivity index (χ0) is 20.1. The van der Waals surface area contributed by atoms with Crippen molar-refractivity contribution in [1.82, 2.24) is 14.9 Å². The van der Waals surface area contributed by atoms with E-state index in [1.165, 1.54) is 25.7 Å². The lowest BCUT2D eigenvalue weighted by atomic mass is 9.74. The van der Waals surface area contributed by atoms with Gasteiger partial charge in [0.15, 0.2) is 0 Å². The molecule has 0 radical (unpaired) electrons. The highest BCUT2D eigenvalue weighted by atomic mass is 16.4. The number of carboxylic acids is 1. The van der Waals surface area contributed by atoms with Gasteiger partial charge in [0.25, 0.3) is 0 Å². The van der Waals surface area contributed by atoms with Crippen LogP contribution in [0.4, 0.5) is 5.82 Å². The third-order valence-electron chi connectivity index (χ3n) is 8.24. The first kappa shape index (κ1) is 18.8. The van der Waals surface area contributed by atoms with Crippen molar-refractivity contribution < 1.29 is 14.7 Å². The van der Waals surface area contributed by atoms with E-state index >= 15 is 0 Å². The molecule has 2 spiro atoms. The summed E-state index contributed by atoms with van der Waals surface area (Å²) in [6.45, 7) is 0.605. The van der Waals surface area contributed by atoms with E-state index in [4.69, 9.17) is 0 Å². The number of aromatic nitrogens is 2. The quantitative estimate of drug-likeness (QED) is 0.791. The van der Waals surface area contributed by atoms with Crippen molar-refractivity contribution in [2.75, 3.05) is 11.9 Å². The molecule has 1 aromatic rings. The average molecular weight is 399 g/mol. The molecule has 4 fully saturated rings. The SMILES string of the molecule is O=C(O)[C@@H]1C[C@@]2(CN1C(=O)[C@@H](Nc1cnccn1)C1CCCCC1)CC21CCC1. The van der Waals surface area contributed by atoms with Gasteiger partial charge in [-0.2, -0.15) is 0 Å². The molecule has 4 aliphatic rings. The molecule has 0 bridgehead atoms. The maximum Gasteiger partial charge on any atom is 0.326 e. The van der Waals surface area contributed by atoms with E-state index in [0.717, 1.165) is 32.1 Å². The number of hydrogen-bond acceptors (Lipinski definition) is 5. The summed E-state index contributed by atoms with van der Waals surface area (Å²) in [5, 5.41) is 13.2. The first-order valence-electron chi connectivity index (χ1n) is 11.1. The van der Waals surface area contributed by atoms with E-state index in [2.05, 4.69) is 15.3 Å². The van der Waals surface area contributed by atoms with Crippen LogP contribution in [-0.2, 0) is 9.59 Å². The van der Waals surface area contributed by atoms with Crippen molar-refractivity contribution in [2.45, 2.75) is 76.3 Å². The van der Waals surface area contributed by atoms with Crippen molar-refractivity contribution in [2.24, 2.45) is 16.7 Å². The molecule has 1 saturated heterocycles. The second-order valence-electron chi connectivity index (χ2n) is 9.73. The summed E-state index contributed by atoms with van der Waals surface area (Å²) in [5.41, 5.74) is 0.377. The molecule has 3 aliphatic carbocycles. The van der Waals surface area contributed by atoms with Crippen molar-refractivity contribution in [3.05, 3.63) is 18.6 Å². The van der Waals surface area contributed by atoms with E-state index in [1.54, 1.807) is 23.5 Å². The molecule has 0 unspecified atom stereocenters. The molecule has 0 aromatic carbocycles. The molecule has 2 N–H and O–H groups in total. The number of carboxylic acid groups (broad SMARTS) is 1. The van der Waals surface area contributed by atoms with Crippen molar-refractivity contribution in [1.29, 1.82) is 0 Å². The zero-order valence-corrected chi connectivity index (χ0v) is 16.8. The Kier molecular flexibility index (Phi) is 4.51. The Labute approximate surface area is 171 Å². The zero-order valence-electron chi connectivity index (χ0n) is 16.8. The molecule has 7 nitrogen and oxygen atoms in total. The molecular weight excluding hydrogens is 368 g/mol. The number of likely N-dealkylation sites (tertiary alicyclic amines) is 1. The number of hydrogen-bond donors (Lipinski definition) is 2. The maximum atomic E-state index is 13.7. The highest BCUT2D eigenvalue weighted by molar-refractivity contribution is 5.90. The molecule has 7 heteroatoms. The van der Waals surface area contributed by atoms with Crippen LogP contribution in [-0.4, -0.2) is 50.5 Å². The van der Waals surface area contributed by atoms with Crippen molar-refractivity contribution >= 4 is 17.7 Å². The molecule has 1 aromatic heterocycles. The fourth-order valence-corrected chi connectivity index (χ4v) is 6.42. The molecule has 2 heterocycles. The average Bonchev–Trinajstić information content (AvgIpc) is 3.22. The van der Waals surface area contributed by atoms with Crippen LogP contribution in [0, 0.1) is 16.7 Å². The Morgan fingerprint density at radius 1 is 1.14 bits per heavy atom. The predicted molar refractivity (Wildman–Crippen MR) is 107 cm³/mol. The number of aliphatic carboxylic acids is 1. The highest BCUT2D eigenvalue weighted by Crippen LogP contribution is 2.77. The Morgan fingerprint density at radius 3 is 2.52 bits per heavy atom. The Hall–Kier alpha value is -2.18. The second-order valence-corrected chi connectivity index (χ2v) is 9.73. The van der Waals surface area contributed by atoms with Gasteiger partial charge in [0.2, 0.25) is 5.91 Å². The van der Waals surface area contributed by atoms with Crippen molar-refractivity contribution in [3.8, 4) is 0 Å². The highest BCUT2D eigenvalue weighted by Gasteiger charge is 2.73. The Morgan fingerprint density at radius 2 is 1.93 bits per heavy atom. The van der Waals surface area contributed by atoms with Crippen molar-refractivity contribution in [3.63, 3.8) is 0 Å². The van der Waals surface area contributed by atoms with Gasteiger partial charge in [-0.25, -0.2) is 9.78 Å². The smallest absolute Gasteiger partial charge is 0.326 e. The number of rotatable bonds is 5. The first-order chi connectivity index (χ1) is 14.0. The number of nitrogens with one attached hydrogen (secondary N) is 1. The summed E-state index contributed by atoms with van der Waals surface area (Å²) in [6.07, 6.45) is 15.6. The van der Waals surface area contributed by atoms with Crippen LogP contribution < -0.4 is 5.32 Å². The summed E-state index contributed by atoms with van der Waals surface area (Å²) in [6, 6.07) is -1.13. The molecule has 1 aliphatic heterocycles. The largest absolute Gasteiger partial charge is 0.480 e. The second kappa shape index (κ2) is 6.96. The Balaban J connectivity index is 1.40. The number of anilines is 1. The molecule has 5 rings (SSSR count). The van der Waals surface area contributed by atoms with Gasteiger partial charge in [-0.15, -0.1) is 0 Å². The van der Waals surface area contributed by atoms with E-state index in [9.17, 15) is 14.7 Å². The summed E-state index contributed by atoms with van der Waals surface area (Å²) in [4.78, 5) is 35.9. The fourth-order valence-electron chi connectivity index (χ4n) is 6.42. The van der Waals surface area contributed by atoms with Gasteiger partial charge >= 0.3 is 5.97 Å². The standard InChI is InChI=1S/C22H30N4O3/c27-19(18(15-5-2-1-3-6-15)25-17-12-23-9-10-24-17)26-14-22(11-16(26)20(28)29)13-21(22)7-4-8-21/h9-10,12,15-16,18H,1-8,11,13-14H2,(H,24,25)(H,28,29)/t16-,18-,22-/m0/s1. The minimum Gasteiger partial charge on any atom is -0.480 e. The van der Waals surface area contributed by atoms with Crippen LogP contribution in [0.3, 0.4) is 0 Å². The van der Waals surface area contributed by atoms with Crippen LogP contribution in [0.5, 0.6) is 0 Å². The molecule has 3 saturated carbocycles. The number of carbonyl (C=O) groups excluding carboxylic acids is 1. The van der Waals surface area contributed by atoms with E-state index < -0.39 is 18.1 Å². The summed E-state index contributed by atoms with van der Waals surface area (Å²) < 4.78 is 0. The van der Waals surface area contributed by atoms with Gasteiger partial charge in [-0.1, -0.05) is 25.7 Å². The fraction of sp³-hybridized carbons (Fsp3) is 0.727. The lowest BCUT2D eigenvalue weighted by Gasteiger charge is -2.35. The number of carbonyl (C=O) groups is 2. The molecule has 1 amide bonds. The minimum absolute atomic E-state index is 0.0492. The van der Waals surface area contributed by atoms with E-state index in [-0.39, 0.29) is 17.2 Å². The minimum atomic E-state index is -0.863. The maximum absolute atomic E-state index is 13.7. The molecule has 29 heavy (non-hydrogen) atoms.